The van der Waals surface area contributed by atoms with E-state index in [2.05, 4.69) is 10.3 Å². The molecule has 0 aliphatic rings. The van der Waals surface area contributed by atoms with Crippen molar-refractivity contribution in [1.29, 1.82) is 0 Å². The van der Waals surface area contributed by atoms with Crippen molar-refractivity contribution >= 4 is 11.6 Å². The van der Waals surface area contributed by atoms with Crippen molar-refractivity contribution < 1.29 is 17.9 Å². The minimum atomic E-state index is -4.35. The van der Waals surface area contributed by atoms with Crippen LogP contribution in [0.5, 0.6) is 0 Å². The molecule has 0 bridgehead atoms. The maximum atomic E-state index is 12.2. The van der Waals surface area contributed by atoms with Crippen molar-refractivity contribution in [3.8, 4) is 0 Å². The third-order valence-corrected chi connectivity index (χ3v) is 2.29. The van der Waals surface area contributed by atoms with Gasteiger partial charge in [0.15, 0.2) is 0 Å². The molecule has 1 aromatic heterocycles. The molecule has 1 unspecified atom stereocenters. The summed E-state index contributed by atoms with van der Waals surface area (Å²) in [5, 5.41) is 7.01. The zero-order valence-corrected chi connectivity index (χ0v) is 9.51. The summed E-state index contributed by atoms with van der Waals surface area (Å²) in [6, 6.07) is 0. The van der Waals surface area contributed by atoms with E-state index in [1.54, 1.807) is 6.92 Å². The summed E-state index contributed by atoms with van der Waals surface area (Å²) in [7, 11) is 1.40. The molecule has 0 fully saturated rings. The van der Waals surface area contributed by atoms with Crippen LogP contribution in [-0.4, -0.2) is 28.3 Å². The second-order valence-corrected chi connectivity index (χ2v) is 3.47. The lowest BCUT2D eigenvalue weighted by Crippen LogP contribution is -2.21. The normalized spacial score (nSPS) is 14.1. The van der Waals surface area contributed by atoms with E-state index in [4.69, 9.17) is 16.3 Å². The Morgan fingerprint density at radius 1 is 1.50 bits per heavy atom. The summed E-state index contributed by atoms with van der Waals surface area (Å²) in [4.78, 5) is 0. The highest BCUT2D eigenvalue weighted by Crippen LogP contribution is 2.24. The predicted octanol–water partition coefficient (Wildman–Crippen LogP) is 2.29. The average Bonchev–Trinajstić information content (AvgIpc) is 2.57. The van der Waals surface area contributed by atoms with E-state index in [9.17, 15) is 13.2 Å². The zero-order valence-electron chi connectivity index (χ0n) is 8.75. The van der Waals surface area contributed by atoms with Gasteiger partial charge < -0.3 is 4.74 Å². The van der Waals surface area contributed by atoms with Gasteiger partial charge in [-0.1, -0.05) is 5.21 Å². The van der Waals surface area contributed by atoms with E-state index in [0.717, 1.165) is 4.68 Å². The minimum Gasteiger partial charge on any atom is -0.375 e. The summed E-state index contributed by atoms with van der Waals surface area (Å²) in [6.45, 7) is 0.418. The van der Waals surface area contributed by atoms with Crippen molar-refractivity contribution in [1.82, 2.24) is 15.0 Å². The van der Waals surface area contributed by atoms with Crippen LogP contribution in [0.1, 0.15) is 24.4 Å². The first kappa shape index (κ1) is 13.2. The van der Waals surface area contributed by atoms with Crippen molar-refractivity contribution in [2.45, 2.75) is 31.6 Å². The Morgan fingerprint density at radius 2 is 2.12 bits per heavy atom. The number of hydrogen-bond donors (Lipinski definition) is 0. The quantitative estimate of drug-likeness (QED) is 0.777. The van der Waals surface area contributed by atoms with Crippen LogP contribution in [0, 0.1) is 0 Å². The van der Waals surface area contributed by atoms with Crippen LogP contribution in [-0.2, 0) is 17.2 Å². The Morgan fingerprint density at radius 3 is 2.56 bits per heavy atom. The Bertz CT molecular complexity index is 353. The molecule has 1 heterocycles. The third-order valence-electron chi connectivity index (χ3n) is 2.04. The SMILES string of the molecule is COC(C)c1c(CCl)nnn1CC(F)(F)F. The van der Waals surface area contributed by atoms with E-state index < -0.39 is 18.8 Å². The molecule has 0 aliphatic carbocycles. The molecule has 0 radical (unpaired) electrons. The summed E-state index contributed by atoms with van der Waals surface area (Å²) in [6.07, 6.45) is -4.88. The molecule has 16 heavy (non-hydrogen) atoms. The Kier molecular flexibility index (Phi) is 4.15. The number of halogens is 4. The van der Waals surface area contributed by atoms with Gasteiger partial charge in [-0.25, -0.2) is 4.68 Å². The van der Waals surface area contributed by atoms with E-state index in [-0.39, 0.29) is 11.6 Å². The van der Waals surface area contributed by atoms with Gasteiger partial charge in [0.2, 0.25) is 0 Å². The first-order chi connectivity index (χ1) is 7.39. The van der Waals surface area contributed by atoms with Gasteiger partial charge in [0.25, 0.3) is 0 Å². The van der Waals surface area contributed by atoms with Crippen molar-refractivity contribution in [2.24, 2.45) is 0 Å². The van der Waals surface area contributed by atoms with E-state index in [1.807, 2.05) is 0 Å². The minimum absolute atomic E-state index is 0.000883. The summed E-state index contributed by atoms with van der Waals surface area (Å²) < 4.78 is 42.5. The average molecular weight is 258 g/mol. The number of hydrogen-bond acceptors (Lipinski definition) is 3. The number of methoxy groups -OCH3 is 1. The van der Waals surface area contributed by atoms with Crippen molar-refractivity contribution in [3.63, 3.8) is 0 Å². The molecule has 0 saturated heterocycles. The van der Waals surface area contributed by atoms with Gasteiger partial charge >= 0.3 is 6.18 Å². The van der Waals surface area contributed by atoms with E-state index in [0.29, 0.717) is 5.69 Å². The molecule has 0 spiro atoms. The summed E-state index contributed by atoms with van der Waals surface area (Å²) in [5.74, 6) is 0.000883. The van der Waals surface area contributed by atoms with E-state index >= 15 is 0 Å². The molecule has 0 saturated carbocycles. The second kappa shape index (κ2) is 5.01. The first-order valence-electron chi connectivity index (χ1n) is 4.46. The van der Waals surface area contributed by atoms with Crippen LogP contribution in [0.2, 0.25) is 0 Å². The molecule has 0 amide bonds. The summed E-state index contributed by atoms with van der Waals surface area (Å²) >= 11 is 5.57. The van der Waals surface area contributed by atoms with Crippen molar-refractivity contribution in [2.75, 3.05) is 7.11 Å². The molecule has 8 heteroatoms. The van der Waals surface area contributed by atoms with Crippen LogP contribution in [0.15, 0.2) is 0 Å². The van der Waals surface area contributed by atoms with Gasteiger partial charge in [-0.05, 0) is 6.92 Å². The van der Waals surface area contributed by atoms with Gasteiger partial charge in [0.1, 0.15) is 12.2 Å². The maximum absolute atomic E-state index is 12.2. The zero-order chi connectivity index (χ0) is 12.3. The fraction of sp³-hybridized carbons (Fsp3) is 0.750. The molecular formula is C8H11ClF3N3O. The number of aromatic nitrogens is 3. The van der Waals surface area contributed by atoms with Crippen LogP contribution in [0.3, 0.4) is 0 Å². The monoisotopic (exact) mass is 257 g/mol. The fourth-order valence-electron chi connectivity index (χ4n) is 1.29. The molecule has 0 aromatic carbocycles. The molecule has 1 atom stereocenters. The Balaban J connectivity index is 3.05. The van der Waals surface area contributed by atoms with Crippen LogP contribution < -0.4 is 0 Å². The summed E-state index contributed by atoms with van der Waals surface area (Å²) in [5.41, 5.74) is 0.565. The standard InChI is InChI=1S/C8H11ClF3N3O/c1-5(16-2)7-6(3-9)13-14-15(7)4-8(10,11)12/h5H,3-4H2,1-2H3. The van der Waals surface area contributed by atoms with Gasteiger partial charge in [-0.15, -0.1) is 16.7 Å². The molecule has 4 nitrogen and oxygen atoms in total. The lowest BCUT2D eigenvalue weighted by atomic mass is 10.2. The van der Waals surface area contributed by atoms with Crippen LogP contribution in [0.4, 0.5) is 13.2 Å². The fourth-order valence-corrected chi connectivity index (χ4v) is 1.48. The number of rotatable bonds is 4. The lowest BCUT2D eigenvalue weighted by Gasteiger charge is -2.14. The first-order valence-corrected chi connectivity index (χ1v) is 5.00. The van der Waals surface area contributed by atoms with E-state index in [1.165, 1.54) is 7.11 Å². The largest absolute Gasteiger partial charge is 0.408 e. The second-order valence-electron chi connectivity index (χ2n) is 3.21. The molecule has 0 aliphatic heterocycles. The van der Waals surface area contributed by atoms with Gasteiger partial charge in [0, 0.05) is 7.11 Å². The Hall–Kier alpha value is -0.820. The molecule has 0 N–H and O–H groups in total. The highest BCUT2D eigenvalue weighted by Gasteiger charge is 2.31. The number of alkyl halides is 4. The Labute approximate surface area is 95.3 Å². The number of ether oxygens (including phenoxy) is 1. The lowest BCUT2D eigenvalue weighted by molar-refractivity contribution is -0.143. The van der Waals surface area contributed by atoms with Crippen LogP contribution >= 0.6 is 11.6 Å². The molecule has 1 rings (SSSR count). The smallest absolute Gasteiger partial charge is 0.375 e. The predicted molar refractivity (Wildman–Crippen MR) is 51.1 cm³/mol. The molecule has 1 aromatic rings. The maximum Gasteiger partial charge on any atom is 0.408 e. The third kappa shape index (κ3) is 3.08. The van der Waals surface area contributed by atoms with Gasteiger partial charge in [-0.2, -0.15) is 13.2 Å². The van der Waals surface area contributed by atoms with Crippen molar-refractivity contribution in [3.05, 3.63) is 11.4 Å². The van der Waals surface area contributed by atoms with Gasteiger partial charge in [0.05, 0.1) is 17.7 Å². The van der Waals surface area contributed by atoms with Crippen LogP contribution in [0.25, 0.3) is 0 Å². The molecular weight excluding hydrogens is 247 g/mol. The van der Waals surface area contributed by atoms with Gasteiger partial charge in [-0.3, -0.25) is 0 Å². The highest BCUT2D eigenvalue weighted by atomic mass is 35.5. The number of nitrogens with zero attached hydrogens (tertiary/aromatic N) is 3. The highest BCUT2D eigenvalue weighted by molar-refractivity contribution is 6.16. The topological polar surface area (TPSA) is 39.9 Å². The molecule has 92 valence electrons.